The van der Waals surface area contributed by atoms with E-state index >= 15 is 0 Å². The number of nitrogens with one attached hydrogen (secondary N) is 1. The van der Waals surface area contributed by atoms with Crippen molar-refractivity contribution >= 4 is 34.8 Å². The van der Waals surface area contributed by atoms with E-state index < -0.39 is 5.82 Å². The van der Waals surface area contributed by atoms with Crippen LogP contribution in [0.2, 0.25) is 10.3 Å². The molecule has 8 heteroatoms. The van der Waals surface area contributed by atoms with Gasteiger partial charge in [-0.3, -0.25) is 0 Å². The molecule has 1 heterocycles. The van der Waals surface area contributed by atoms with Gasteiger partial charge in [0.25, 0.3) is 0 Å². The number of hydrogen-bond donors (Lipinski definition) is 1. The Balaban J connectivity index is 2.24. The molecule has 1 N–H and O–H groups in total. The van der Waals surface area contributed by atoms with Gasteiger partial charge in [0.05, 0.1) is 12.3 Å². The Kier molecular flexibility index (Phi) is 4.92. The number of hydrogen-bond acceptors (Lipinski definition) is 5. The normalized spacial score (nSPS) is 10.4. The predicted molar refractivity (Wildman–Crippen MR) is 75.3 cm³/mol. The summed E-state index contributed by atoms with van der Waals surface area (Å²) in [6.45, 7) is 2.40. The molecular formula is C12H11Cl2FN4O. The molecule has 0 spiro atoms. The van der Waals surface area contributed by atoms with Crippen LogP contribution in [0.4, 0.5) is 16.0 Å². The lowest BCUT2D eigenvalue weighted by atomic mass is 10.3. The predicted octanol–water partition coefficient (Wildman–Crippen LogP) is 3.85. The minimum Gasteiger partial charge on any atom is -0.463 e. The quantitative estimate of drug-likeness (QED) is 0.907. The third-order valence-corrected chi connectivity index (χ3v) is 2.60. The van der Waals surface area contributed by atoms with Gasteiger partial charge in [-0.2, -0.15) is 15.0 Å². The van der Waals surface area contributed by atoms with Crippen molar-refractivity contribution in [2.45, 2.75) is 13.3 Å². The third-order valence-electron chi connectivity index (χ3n) is 2.20. The molecule has 0 fully saturated rings. The summed E-state index contributed by atoms with van der Waals surface area (Å²) in [5.41, 5.74) is 0.140. The van der Waals surface area contributed by atoms with E-state index in [4.69, 9.17) is 27.9 Å². The van der Waals surface area contributed by atoms with E-state index in [9.17, 15) is 4.39 Å². The molecule has 106 valence electrons. The van der Waals surface area contributed by atoms with Crippen LogP contribution in [0.25, 0.3) is 0 Å². The van der Waals surface area contributed by atoms with Gasteiger partial charge in [-0.1, -0.05) is 18.5 Å². The number of anilines is 2. The van der Waals surface area contributed by atoms with Crippen LogP contribution in [0.5, 0.6) is 6.01 Å². The average Bonchev–Trinajstić information content (AvgIpc) is 2.40. The lowest BCUT2D eigenvalue weighted by molar-refractivity contribution is 0.292. The van der Waals surface area contributed by atoms with Crippen LogP contribution in [0, 0.1) is 5.82 Å². The number of rotatable bonds is 5. The molecule has 0 unspecified atom stereocenters. The van der Waals surface area contributed by atoms with Crippen LogP contribution in [-0.4, -0.2) is 21.6 Å². The molecular weight excluding hydrogens is 306 g/mol. The Morgan fingerprint density at radius 1 is 1.25 bits per heavy atom. The van der Waals surface area contributed by atoms with Gasteiger partial charge in [0.15, 0.2) is 0 Å². The minimum atomic E-state index is -0.484. The fourth-order valence-corrected chi connectivity index (χ4v) is 1.68. The number of nitrogens with zero attached hydrogens (tertiary/aromatic N) is 3. The summed E-state index contributed by atoms with van der Waals surface area (Å²) < 4.78 is 18.9. The van der Waals surface area contributed by atoms with Crippen LogP contribution >= 0.6 is 23.2 Å². The molecule has 20 heavy (non-hydrogen) atoms. The zero-order valence-corrected chi connectivity index (χ0v) is 12.0. The van der Waals surface area contributed by atoms with Gasteiger partial charge in [-0.25, -0.2) is 4.39 Å². The summed E-state index contributed by atoms with van der Waals surface area (Å²) in [4.78, 5) is 11.7. The summed E-state index contributed by atoms with van der Waals surface area (Å²) in [7, 11) is 0. The highest BCUT2D eigenvalue weighted by molar-refractivity contribution is 6.30. The van der Waals surface area contributed by atoms with Crippen LogP contribution in [0.15, 0.2) is 18.2 Å². The standard InChI is InChI=1S/C12H11Cl2FN4O/c1-2-5-20-12-18-10(14)17-11(19-12)16-9-6-7(13)3-4-8(9)15/h3-4,6H,2,5H2,1H3,(H,16,17,18,19). The topological polar surface area (TPSA) is 59.9 Å². The van der Waals surface area contributed by atoms with Crippen molar-refractivity contribution in [3.05, 3.63) is 34.3 Å². The Morgan fingerprint density at radius 3 is 2.80 bits per heavy atom. The van der Waals surface area contributed by atoms with Gasteiger partial charge in [-0.05, 0) is 36.2 Å². The number of ether oxygens (including phenoxy) is 1. The summed E-state index contributed by atoms with van der Waals surface area (Å²) in [5, 5.41) is 3.02. The Hall–Kier alpha value is -1.66. The lowest BCUT2D eigenvalue weighted by Gasteiger charge is -2.08. The van der Waals surface area contributed by atoms with E-state index in [-0.39, 0.29) is 22.9 Å². The largest absolute Gasteiger partial charge is 0.463 e. The van der Waals surface area contributed by atoms with E-state index in [0.717, 1.165) is 6.42 Å². The monoisotopic (exact) mass is 316 g/mol. The molecule has 0 aliphatic carbocycles. The van der Waals surface area contributed by atoms with E-state index in [0.29, 0.717) is 11.6 Å². The summed E-state index contributed by atoms with van der Waals surface area (Å²) in [6.07, 6.45) is 0.801. The van der Waals surface area contributed by atoms with Crippen LogP contribution in [0.1, 0.15) is 13.3 Å². The van der Waals surface area contributed by atoms with Crippen molar-refractivity contribution in [1.82, 2.24) is 15.0 Å². The Labute approximate surface area is 125 Å². The first-order valence-electron chi connectivity index (χ1n) is 5.85. The maximum absolute atomic E-state index is 13.6. The molecule has 0 aliphatic rings. The van der Waals surface area contributed by atoms with Crippen molar-refractivity contribution in [2.24, 2.45) is 0 Å². The molecule has 1 aromatic heterocycles. The molecule has 0 atom stereocenters. The highest BCUT2D eigenvalue weighted by Gasteiger charge is 2.09. The summed E-state index contributed by atoms with van der Waals surface area (Å²) in [5.74, 6) is -0.403. The second kappa shape index (κ2) is 6.67. The molecule has 0 bridgehead atoms. The van der Waals surface area contributed by atoms with Gasteiger partial charge < -0.3 is 10.1 Å². The maximum atomic E-state index is 13.6. The lowest BCUT2D eigenvalue weighted by Crippen LogP contribution is -2.05. The molecule has 2 rings (SSSR count). The van der Waals surface area contributed by atoms with Crippen LogP contribution in [0.3, 0.4) is 0 Å². The van der Waals surface area contributed by atoms with Crippen molar-refractivity contribution < 1.29 is 9.13 Å². The second-order valence-electron chi connectivity index (χ2n) is 3.81. The third kappa shape index (κ3) is 3.91. The van der Waals surface area contributed by atoms with Crippen molar-refractivity contribution in [3.8, 4) is 6.01 Å². The molecule has 0 saturated heterocycles. The number of halogens is 3. The van der Waals surface area contributed by atoms with E-state index in [2.05, 4.69) is 20.3 Å². The summed E-state index contributed by atoms with van der Waals surface area (Å²) >= 11 is 11.6. The van der Waals surface area contributed by atoms with Gasteiger partial charge in [0.2, 0.25) is 11.2 Å². The first-order valence-corrected chi connectivity index (χ1v) is 6.60. The molecule has 2 aromatic rings. The number of aromatic nitrogens is 3. The fourth-order valence-electron chi connectivity index (χ4n) is 1.36. The van der Waals surface area contributed by atoms with Crippen molar-refractivity contribution in [1.29, 1.82) is 0 Å². The zero-order chi connectivity index (χ0) is 14.5. The van der Waals surface area contributed by atoms with E-state index in [1.165, 1.54) is 18.2 Å². The summed E-state index contributed by atoms with van der Waals surface area (Å²) in [6, 6.07) is 4.18. The molecule has 0 aliphatic heterocycles. The van der Waals surface area contributed by atoms with E-state index in [1.54, 1.807) is 0 Å². The van der Waals surface area contributed by atoms with Crippen molar-refractivity contribution in [3.63, 3.8) is 0 Å². The molecule has 0 radical (unpaired) electrons. The smallest absolute Gasteiger partial charge is 0.322 e. The fraction of sp³-hybridized carbons (Fsp3) is 0.250. The first kappa shape index (κ1) is 14.7. The SMILES string of the molecule is CCCOc1nc(Cl)nc(Nc2cc(Cl)ccc2F)n1. The first-order chi connectivity index (χ1) is 9.58. The molecule has 5 nitrogen and oxygen atoms in total. The highest BCUT2D eigenvalue weighted by atomic mass is 35.5. The van der Waals surface area contributed by atoms with Crippen LogP contribution in [-0.2, 0) is 0 Å². The zero-order valence-electron chi connectivity index (χ0n) is 10.5. The van der Waals surface area contributed by atoms with Crippen molar-refractivity contribution in [2.75, 3.05) is 11.9 Å². The highest BCUT2D eigenvalue weighted by Crippen LogP contribution is 2.23. The molecule has 0 saturated carbocycles. The Bertz CT molecular complexity index is 612. The van der Waals surface area contributed by atoms with Gasteiger partial charge in [0, 0.05) is 5.02 Å². The average molecular weight is 317 g/mol. The minimum absolute atomic E-state index is 0.0453. The Morgan fingerprint density at radius 2 is 2.05 bits per heavy atom. The number of benzene rings is 1. The van der Waals surface area contributed by atoms with Gasteiger partial charge in [0.1, 0.15) is 5.82 Å². The maximum Gasteiger partial charge on any atom is 0.322 e. The molecule has 1 aromatic carbocycles. The van der Waals surface area contributed by atoms with Gasteiger partial charge in [-0.15, -0.1) is 0 Å². The second-order valence-corrected chi connectivity index (χ2v) is 4.58. The van der Waals surface area contributed by atoms with Gasteiger partial charge >= 0.3 is 6.01 Å². The van der Waals surface area contributed by atoms with E-state index in [1.807, 2.05) is 6.92 Å². The van der Waals surface area contributed by atoms with Crippen LogP contribution < -0.4 is 10.1 Å². The molecule has 0 amide bonds.